The molecule has 2 aromatic rings. The van der Waals surface area contributed by atoms with Gasteiger partial charge >= 0.3 is 0 Å². The first-order valence-electron chi connectivity index (χ1n) is 8.45. The first kappa shape index (κ1) is 14.5. The van der Waals surface area contributed by atoms with E-state index in [4.69, 9.17) is 0 Å². The second kappa shape index (κ2) is 6.17. The molecule has 0 radical (unpaired) electrons. The molecule has 1 unspecified atom stereocenters. The molecular weight excluding hydrogens is 284 g/mol. The van der Waals surface area contributed by atoms with Crippen LogP contribution in [0, 0.1) is 0 Å². The minimum absolute atomic E-state index is 0.323. The summed E-state index contributed by atoms with van der Waals surface area (Å²) >= 11 is 0. The van der Waals surface area contributed by atoms with Gasteiger partial charge in [0.1, 0.15) is 0 Å². The number of fused-ring (bicyclic) bond motifs is 2. The molecule has 2 aliphatic rings. The van der Waals surface area contributed by atoms with Gasteiger partial charge in [0.25, 0.3) is 0 Å². The minimum Gasteiger partial charge on any atom is -0.388 e. The van der Waals surface area contributed by atoms with E-state index in [0.717, 1.165) is 50.0 Å². The predicted molar refractivity (Wildman–Crippen MR) is 93.0 cm³/mol. The molecule has 3 heteroatoms. The average Bonchev–Trinajstić information content (AvgIpc) is 2.60. The Bertz CT molecular complexity index is 738. The maximum Gasteiger partial charge on any atom is 0.0915 e. The van der Waals surface area contributed by atoms with Gasteiger partial charge in [-0.2, -0.15) is 0 Å². The normalized spacial score (nSPS) is 20.4. The lowest BCUT2D eigenvalue weighted by Gasteiger charge is -2.26. The molecule has 3 nitrogen and oxygen atoms in total. The van der Waals surface area contributed by atoms with E-state index >= 15 is 0 Å². The lowest BCUT2D eigenvalue weighted by Crippen LogP contribution is -2.29. The third-order valence-corrected chi connectivity index (χ3v) is 4.94. The van der Waals surface area contributed by atoms with Gasteiger partial charge < -0.3 is 10.0 Å². The highest BCUT2D eigenvalue weighted by Crippen LogP contribution is 2.32. The molecule has 0 amide bonds. The van der Waals surface area contributed by atoms with Gasteiger partial charge in [-0.05, 0) is 60.1 Å². The number of hydrogen-bond acceptors (Lipinski definition) is 2. The Morgan fingerprint density at radius 1 is 1.04 bits per heavy atom. The maximum absolute atomic E-state index is 10.1. The summed E-state index contributed by atoms with van der Waals surface area (Å²) in [5.74, 6) is 0. The second-order valence-electron chi connectivity index (χ2n) is 6.52. The van der Waals surface area contributed by atoms with Crippen LogP contribution in [0.1, 0.15) is 41.2 Å². The molecular formula is C20H22N2O. The molecule has 4 rings (SSSR count). The highest BCUT2D eigenvalue weighted by atomic mass is 16.3. The summed E-state index contributed by atoms with van der Waals surface area (Å²) in [4.78, 5) is 6.90. The van der Waals surface area contributed by atoms with Crippen molar-refractivity contribution in [1.29, 1.82) is 0 Å². The number of nitrogens with zero attached hydrogens (tertiary/aromatic N) is 2. The van der Waals surface area contributed by atoms with Crippen molar-refractivity contribution in [3.63, 3.8) is 0 Å². The van der Waals surface area contributed by atoms with Crippen LogP contribution in [0.5, 0.6) is 0 Å². The Morgan fingerprint density at radius 3 is 2.83 bits per heavy atom. The summed E-state index contributed by atoms with van der Waals surface area (Å²) in [5, 5.41) is 10.1. The topological polar surface area (TPSA) is 35.8 Å². The molecule has 1 heterocycles. The van der Waals surface area contributed by atoms with Crippen molar-refractivity contribution < 1.29 is 5.11 Å². The second-order valence-corrected chi connectivity index (χ2v) is 6.52. The number of aliphatic hydroxyl groups excluding tert-OH is 1. The van der Waals surface area contributed by atoms with Crippen LogP contribution in [0.2, 0.25) is 0 Å². The molecule has 1 N–H and O–H groups in total. The lowest BCUT2D eigenvalue weighted by molar-refractivity contribution is 0.156. The monoisotopic (exact) mass is 306 g/mol. The molecule has 0 aromatic heterocycles. The predicted octanol–water partition coefficient (Wildman–Crippen LogP) is 3.77. The Kier molecular flexibility index (Phi) is 3.88. The van der Waals surface area contributed by atoms with E-state index in [9.17, 15) is 5.11 Å². The number of hydrogen-bond donors (Lipinski definition) is 1. The summed E-state index contributed by atoms with van der Waals surface area (Å²) in [5.41, 5.74) is 6.12. The van der Waals surface area contributed by atoms with Crippen LogP contribution in [0.3, 0.4) is 0 Å². The summed E-state index contributed by atoms with van der Waals surface area (Å²) in [6, 6.07) is 14.9. The van der Waals surface area contributed by atoms with Crippen LogP contribution in [-0.2, 0) is 19.4 Å². The molecule has 0 saturated carbocycles. The molecule has 1 aliphatic carbocycles. The molecule has 118 valence electrons. The zero-order valence-electron chi connectivity index (χ0n) is 13.3. The highest BCUT2D eigenvalue weighted by molar-refractivity contribution is 5.63. The van der Waals surface area contributed by atoms with Crippen LogP contribution >= 0.6 is 0 Å². The van der Waals surface area contributed by atoms with E-state index < -0.39 is 0 Å². The van der Waals surface area contributed by atoms with Gasteiger partial charge in [-0.3, -0.25) is 0 Å². The van der Waals surface area contributed by atoms with Crippen LogP contribution in [0.15, 0.2) is 47.5 Å². The molecule has 0 saturated heterocycles. The van der Waals surface area contributed by atoms with E-state index in [1.54, 1.807) is 0 Å². The minimum atomic E-state index is -0.323. The van der Waals surface area contributed by atoms with Gasteiger partial charge in [-0.1, -0.05) is 30.3 Å². The molecule has 0 bridgehead atoms. The Hall–Kier alpha value is -2.13. The molecule has 1 atom stereocenters. The van der Waals surface area contributed by atoms with Gasteiger partial charge in [0.2, 0.25) is 0 Å². The first-order chi connectivity index (χ1) is 11.3. The van der Waals surface area contributed by atoms with Crippen molar-refractivity contribution >= 4 is 12.0 Å². The van der Waals surface area contributed by atoms with E-state index in [1.165, 1.54) is 16.7 Å². The lowest BCUT2D eigenvalue weighted by atomic mass is 9.89. The first-order valence-corrected chi connectivity index (χ1v) is 8.45. The van der Waals surface area contributed by atoms with Gasteiger partial charge in [0, 0.05) is 13.1 Å². The third kappa shape index (κ3) is 3.02. The Balaban J connectivity index is 1.50. The van der Waals surface area contributed by atoms with Crippen LogP contribution in [0.25, 0.3) is 0 Å². The molecule has 1 aliphatic heterocycles. The smallest absolute Gasteiger partial charge is 0.0915 e. The number of benzene rings is 2. The van der Waals surface area contributed by atoms with Crippen molar-refractivity contribution in [2.24, 2.45) is 4.99 Å². The van der Waals surface area contributed by atoms with Crippen molar-refractivity contribution in [3.8, 4) is 0 Å². The zero-order chi connectivity index (χ0) is 15.6. The van der Waals surface area contributed by atoms with E-state index in [2.05, 4.69) is 46.3 Å². The van der Waals surface area contributed by atoms with Crippen LogP contribution < -0.4 is 0 Å². The largest absolute Gasteiger partial charge is 0.388 e. The maximum atomic E-state index is 10.1. The molecule has 0 spiro atoms. The molecule has 0 fully saturated rings. The van der Waals surface area contributed by atoms with Crippen LogP contribution in [0.4, 0.5) is 5.69 Å². The number of aliphatic imine (C=N–C) groups is 1. The van der Waals surface area contributed by atoms with E-state index in [0.29, 0.717) is 0 Å². The summed E-state index contributed by atoms with van der Waals surface area (Å²) < 4.78 is 0. The average molecular weight is 306 g/mol. The summed E-state index contributed by atoms with van der Waals surface area (Å²) in [6.45, 7) is 1.93. The highest BCUT2D eigenvalue weighted by Gasteiger charge is 2.18. The number of rotatable bonds is 2. The van der Waals surface area contributed by atoms with E-state index in [1.807, 2.05) is 12.4 Å². The zero-order valence-corrected chi connectivity index (χ0v) is 13.3. The third-order valence-electron chi connectivity index (χ3n) is 4.94. The van der Waals surface area contributed by atoms with Gasteiger partial charge in [0.15, 0.2) is 0 Å². The molecule has 2 aromatic carbocycles. The SMILES string of the molecule is OC1CCCc2ccc(N=CN3CCc4ccccc4C3)cc21. The fourth-order valence-corrected chi connectivity index (χ4v) is 3.61. The Morgan fingerprint density at radius 2 is 1.91 bits per heavy atom. The van der Waals surface area contributed by atoms with Crippen molar-refractivity contribution in [3.05, 3.63) is 64.7 Å². The summed E-state index contributed by atoms with van der Waals surface area (Å²) in [7, 11) is 0. The number of aryl methyl sites for hydroxylation is 1. The van der Waals surface area contributed by atoms with Crippen molar-refractivity contribution in [2.45, 2.75) is 38.3 Å². The summed E-state index contributed by atoms with van der Waals surface area (Å²) in [6.07, 6.45) is 5.71. The van der Waals surface area contributed by atoms with Gasteiger partial charge in [0.05, 0.1) is 18.1 Å². The molecule has 23 heavy (non-hydrogen) atoms. The fraction of sp³-hybridized carbons (Fsp3) is 0.350. The standard InChI is InChI=1S/C20H22N2O/c23-20-7-3-6-16-8-9-18(12-19(16)20)21-14-22-11-10-15-4-1-2-5-17(15)13-22/h1-2,4-5,8-9,12,14,20,23H,3,6-7,10-11,13H2. The number of aliphatic hydroxyl groups is 1. The van der Waals surface area contributed by atoms with Gasteiger partial charge in [-0.15, -0.1) is 0 Å². The quantitative estimate of drug-likeness (QED) is 0.677. The Labute approximate surface area is 137 Å². The van der Waals surface area contributed by atoms with Crippen LogP contribution in [-0.4, -0.2) is 22.9 Å². The van der Waals surface area contributed by atoms with Crippen molar-refractivity contribution in [2.75, 3.05) is 6.54 Å². The van der Waals surface area contributed by atoms with E-state index in [-0.39, 0.29) is 6.10 Å². The fourth-order valence-electron chi connectivity index (χ4n) is 3.61. The van der Waals surface area contributed by atoms with Crippen molar-refractivity contribution in [1.82, 2.24) is 4.90 Å². The van der Waals surface area contributed by atoms with Gasteiger partial charge in [-0.25, -0.2) is 4.99 Å².